The number of hydrogen-bond acceptors (Lipinski definition) is 19. The number of fused-ring (bicyclic) bond motifs is 2. The summed E-state index contributed by atoms with van der Waals surface area (Å²) < 4.78 is 116. The zero-order valence-electron chi connectivity index (χ0n) is 34.2. The summed E-state index contributed by atoms with van der Waals surface area (Å²) in [7, 11) is -9.90. The number of anilines is 1. The van der Waals surface area contributed by atoms with E-state index in [1.807, 2.05) is 0 Å². The number of carboxylic acid groups (broad SMARTS) is 1. The van der Waals surface area contributed by atoms with Gasteiger partial charge in [0.25, 0.3) is 0 Å². The minimum atomic E-state index is -5.37. The second kappa shape index (κ2) is 25.6. The van der Waals surface area contributed by atoms with Crippen LogP contribution >= 0.6 is 0 Å². The number of nitrogens with one attached hydrogen (secondary N) is 2. The van der Waals surface area contributed by atoms with E-state index < -0.39 is 52.6 Å². The van der Waals surface area contributed by atoms with Crippen LogP contribution in [0.15, 0.2) is 62.7 Å². The zero-order chi connectivity index (χ0) is 45.0. The Morgan fingerprint density at radius 3 is 1.63 bits per heavy atom. The Labute approximate surface area is 359 Å². The fraction of sp³-hybridized carbons (Fsp3) is 0.475. The molecule has 1 aliphatic heterocycles. The van der Waals surface area contributed by atoms with E-state index >= 15 is 0 Å². The number of aromatic carboxylic acids is 1. The molecule has 0 bridgehead atoms. The molecule has 0 saturated carbocycles. The van der Waals surface area contributed by atoms with Crippen LogP contribution < -0.4 is 20.9 Å². The number of hydrogen-bond donors (Lipinski definition) is 3. The average Bonchev–Trinajstić information content (AvgIpc) is 3.21. The largest absolute Gasteiger partial charge is 0.744 e. The van der Waals surface area contributed by atoms with E-state index in [1.165, 1.54) is 49.4 Å². The van der Waals surface area contributed by atoms with Crippen LogP contribution in [0.3, 0.4) is 0 Å². The number of sulfonamides is 1. The van der Waals surface area contributed by atoms with Crippen LogP contribution in [0, 0.1) is 5.41 Å². The monoisotopic (exact) mass is 909 g/mol. The molecule has 2 aromatic carbocycles. The van der Waals surface area contributed by atoms with E-state index in [2.05, 4.69) is 4.72 Å². The summed E-state index contributed by atoms with van der Waals surface area (Å²) >= 11 is 0. The Kier molecular flexibility index (Phi) is 20.8. The molecule has 0 amide bonds. The van der Waals surface area contributed by atoms with Crippen LogP contribution in [0.25, 0.3) is 33.4 Å². The van der Waals surface area contributed by atoms with Crippen molar-refractivity contribution >= 4 is 48.6 Å². The van der Waals surface area contributed by atoms with Crippen molar-refractivity contribution in [1.29, 1.82) is 5.41 Å². The molecular formula is C40H51N3O17S2-2. The molecule has 22 heteroatoms. The van der Waals surface area contributed by atoms with Crippen LogP contribution in [-0.4, -0.2) is 145 Å². The molecule has 0 aromatic heterocycles. The zero-order valence-corrected chi connectivity index (χ0v) is 35.8. The predicted octanol–water partition coefficient (Wildman–Crippen LogP) is 0.924. The maximum absolute atomic E-state index is 13.7. The molecule has 4 N–H and O–H groups in total. The van der Waals surface area contributed by atoms with Gasteiger partial charge in [-0.15, -0.1) is 0 Å². The number of benzene rings is 3. The van der Waals surface area contributed by atoms with Gasteiger partial charge in [0.1, 0.15) is 25.7 Å². The van der Waals surface area contributed by atoms with Crippen molar-refractivity contribution in [1.82, 2.24) is 4.72 Å². The van der Waals surface area contributed by atoms with Gasteiger partial charge in [-0.1, -0.05) is 24.3 Å². The number of carbonyl (C=O) groups excluding carboxylic acids is 2. The third-order valence-electron chi connectivity index (χ3n) is 8.67. The summed E-state index contributed by atoms with van der Waals surface area (Å²) in [6.45, 7) is 6.65. The van der Waals surface area contributed by atoms with Gasteiger partial charge in [-0.3, -0.25) is 10.2 Å². The predicted molar refractivity (Wildman–Crippen MR) is 218 cm³/mol. The molecule has 0 spiro atoms. The van der Waals surface area contributed by atoms with Gasteiger partial charge in [0.2, 0.25) is 10.0 Å². The number of nitrogens with two attached hydrogens (primary N) is 1. The van der Waals surface area contributed by atoms with Gasteiger partial charge in [-0.25, -0.2) is 21.6 Å². The Morgan fingerprint density at radius 1 is 0.661 bits per heavy atom. The molecule has 0 atom stereocenters. The second-order valence-corrected chi connectivity index (χ2v) is 16.2. The van der Waals surface area contributed by atoms with Gasteiger partial charge in [-0.05, 0) is 36.8 Å². The summed E-state index contributed by atoms with van der Waals surface area (Å²) in [4.78, 5) is 21.3. The average molecular weight is 910 g/mol. The van der Waals surface area contributed by atoms with Crippen LogP contribution in [0.2, 0.25) is 0 Å². The molecule has 0 radical (unpaired) electrons. The van der Waals surface area contributed by atoms with Crippen molar-refractivity contribution < 1.29 is 78.4 Å². The van der Waals surface area contributed by atoms with Crippen LogP contribution in [-0.2, 0) is 62.8 Å². The summed E-state index contributed by atoms with van der Waals surface area (Å²) in [5.74, 6) is -2.15. The van der Waals surface area contributed by atoms with Crippen molar-refractivity contribution in [2.24, 2.45) is 0 Å². The quantitative estimate of drug-likeness (QED) is 0.0266. The third-order valence-corrected chi connectivity index (χ3v) is 11.1. The van der Waals surface area contributed by atoms with Gasteiger partial charge < -0.3 is 62.5 Å². The standard InChI is InChI=1S/C40H53N3O17S2/c1-28(44)10-12-52-14-16-54-18-20-56-22-24-58-26-27-59-25-23-57-21-19-55-17-15-53-13-11-43-61(47,48)38-33(41)8-6-31-35(29-4-2-3-5-30(29)40(45)46)32-7-9-34(42)39(62(49,50)51)37(32)60-36(31)38/h2-9,42-43H,10-27,41H2,1H3,(H,45,46)(H,49,50,51)/p-2. The Bertz CT molecular complexity index is 2320. The van der Waals surface area contributed by atoms with Crippen LogP contribution in [0.5, 0.6) is 0 Å². The van der Waals surface area contributed by atoms with E-state index in [1.54, 1.807) is 0 Å². The molecule has 2 aromatic rings. The summed E-state index contributed by atoms with van der Waals surface area (Å²) in [6, 6.07) is 10.5. The molecule has 1 heterocycles. The topological polar surface area (TPSA) is 297 Å². The normalized spacial score (nSPS) is 12.1. The number of rotatable bonds is 32. The van der Waals surface area contributed by atoms with E-state index in [0.717, 1.165) is 6.07 Å². The number of carbonyl (C=O) groups is 2. The molecule has 2 aliphatic rings. The number of ether oxygens (including phenoxy) is 8. The molecule has 20 nitrogen and oxygen atoms in total. The highest BCUT2D eigenvalue weighted by atomic mass is 32.2. The molecule has 1 aliphatic carbocycles. The SMILES string of the molecule is CC(=O)CCOCCOCCOCCOCCOCCOCCOCCOCCNS(=O)(=O)c1c(N)ccc2c(-c3ccccc3C(=O)[O-])c3ccc(=N)c(S(=O)(=O)[O-])c-3oc12. The molecule has 0 saturated heterocycles. The third kappa shape index (κ3) is 15.4. The lowest BCUT2D eigenvalue weighted by Gasteiger charge is -2.22. The van der Waals surface area contributed by atoms with Crippen molar-refractivity contribution in [2.45, 2.75) is 23.1 Å². The van der Waals surface area contributed by atoms with E-state index in [9.17, 15) is 36.1 Å². The molecule has 0 fully saturated rings. The first kappa shape index (κ1) is 50.2. The first-order chi connectivity index (χ1) is 29.7. The van der Waals surface area contributed by atoms with E-state index in [0.29, 0.717) is 85.7 Å². The highest BCUT2D eigenvalue weighted by Gasteiger charge is 2.30. The highest BCUT2D eigenvalue weighted by Crippen LogP contribution is 2.45. The van der Waals surface area contributed by atoms with Gasteiger partial charge in [-0.2, -0.15) is 0 Å². The molecule has 4 rings (SSSR count). The van der Waals surface area contributed by atoms with Crippen molar-refractivity contribution in [3.8, 4) is 22.5 Å². The fourth-order valence-corrected chi connectivity index (χ4v) is 7.84. The van der Waals surface area contributed by atoms with Crippen molar-refractivity contribution in [3.63, 3.8) is 0 Å². The van der Waals surface area contributed by atoms with E-state index in [-0.39, 0.29) is 72.1 Å². The van der Waals surface area contributed by atoms with Crippen molar-refractivity contribution in [2.75, 3.05) is 118 Å². The summed E-state index contributed by atoms with van der Waals surface area (Å²) in [6.07, 6.45) is 0.404. The van der Waals surface area contributed by atoms with Crippen LogP contribution in [0.4, 0.5) is 5.69 Å². The van der Waals surface area contributed by atoms with Crippen LogP contribution in [0.1, 0.15) is 23.7 Å². The molecule has 342 valence electrons. The number of ketones is 1. The molecule has 0 unspecified atom stereocenters. The van der Waals surface area contributed by atoms with Crippen molar-refractivity contribution in [3.05, 3.63) is 59.5 Å². The number of Topliss-reactive ketones (excluding diaryl/α,β-unsaturated/α-hetero) is 1. The summed E-state index contributed by atoms with van der Waals surface area (Å²) in [5.41, 5.74) is 4.97. The Balaban J connectivity index is 1.15. The minimum Gasteiger partial charge on any atom is -0.744 e. The lowest BCUT2D eigenvalue weighted by atomic mass is 9.90. The Hall–Kier alpha value is -4.43. The molecular weight excluding hydrogens is 859 g/mol. The Morgan fingerprint density at radius 2 is 1.15 bits per heavy atom. The van der Waals surface area contributed by atoms with Gasteiger partial charge in [0.05, 0.1) is 123 Å². The highest BCUT2D eigenvalue weighted by molar-refractivity contribution is 7.90. The second-order valence-electron chi connectivity index (χ2n) is 13.2. The van der Waals surface area contributed by atoms with Gasteiger partial charge >= 0.3 is 0 Å². The fourth-order valence-electron chi connectivity index (χ4n) is 5.86. The van der Waals surface area contributed by atoms with Gasteiger partial charge in [0.15, 0.2) is 11.3 Å². The maximum atomic E-state index is 13.7. The smallest absolute Gasteiger partial charge is 0.246 e. The van der Waals surface area contributed by atoms with E-state index in [4.69, 9.17) is 53.5 Å². The lowest BCUT2D eigenvalue weighted by Crippen LogP contribution is -2.29. The molecule has 62 heavy (non-hydrogen) atoms. The number of carboxylic acids is 1. The minimum absolute atomic E-state index is 0.000326. The first-order valence-electron chi connectivity index (χ1n) is 19.5. The van der Waals surface area contributed by atoms with Gasteiger partial charge in [0, 0.05) is 35.0 Å². The maximum Gasteiger partial charge on any atom is 0.246 e. The number of nitrogen functional groups attached to an aromatic ring is 1. The first-order valence-corrected chi connectivity index (χ1v) is 22.4. The lowest BCUT2D eigenvalue weighted by molar-refractivity contribution is -0.254. The summed E-state index contributed by atoms with van der Waals surface area (Å²) in [5, 5.41) is 19.6.